The van der Waals surface area contributed by atoms with Crippen LogP contribution in [0.3, 0.4) is 0 Å². The van der Waals surface area contributed by atoms with Crippen LogP contribution in [0.15, 0.2) is 35.7 Å². The number of thiazole rings is 1. The first-order valence-electron chi connectivity index (χ1n) is 5.25. The van der Waals surface area contributed by atoms with Crippen LogP contribution in [0.1, 0.15) is 0 Å². The molecule has 2 N–H and O–H groups in total. The van der Waals surface area contributed by atoms with Gasteiger partial charge in [0.15, 0.2) is 5.13 Å². The molecule has 0 bridgehead atoms. The van der Waals surface area contributed by atoms with Gasteiger partial charge in [0.05, 0.1) is 12.2 Å². The van der Waals surface area contributed by atoms with E-state index >= 15 is 0 Å². The van der Waals surface area contributed by atoms with Crippen molar-refractivity contribution in [2.75, 3.05) is 18.9 Å². The normalized spacial score (nSPS) is 10.2. The molecule has 2 aromatic rings. The van der Waals surface area contributed by atoms with Crippen molar-refractivity contribution in [1.29, 1.82) is 0 Å². The van der Waals surface area contributed by atoms with E-state index in [-0.39, 0.29) is 5.91 Å². The lowest BCUT2D eigenvalue weighted by atomic mass is 10.2. The molecule has 1 aromatic carbocycles. The van der Waals surface area contributed by atoms with Crippen LogP contribution in [-0.4, -0.2) is 24.5 Å². The molecule has 4 nitrogen and oxygen atoms in total. The van der Waals surface area contributed by atoms with E-state index in [2.05, 4.69) is 15.6 Å². The maximum Gasteiger partial charge on any atom is 0.240 e. The van der Waals surface area contributed by atoms with Gasteiger partial charge in [-0.15, -0.1) is 11.3 Å². The standard InChI is InChI=1S/C12H13N3OS/c1-13-7-11(16)15-12-14-10(8-17-12)9-5-3-2-4-6-9/h2-6,8,13H,7H2,1H3,(H,14,15,16). The fraction of sp³-hybridized carbons (Fsp3) is 0.167. The first-order valence-corrected chi connectivity index (χ1v) is 6.13. The van der Waals surface area contributed by atoms with Gasteiger partial charge in [-0.3, -0.25) is 4.79 Å². The van der Waals surface area contributed by atoms with E-state index in [1.807, 2.05) is 35.7 Å². The van der Waals surface area contributed by atoms with E-state index in [9.17, 15) is 4.79 Å². The molecule has 2 rings (SSSR count). The molecule has 0 saturated heterocycles. The molecule has 0 aliphatic heterocycles. The monoisotopic (exact) mass is 247 g/mol. The smallest absolute Gasteiger partial charge is 0.240 e. The van der Waals surface area contributed by atoms with Crippen LogP contribution in [0.4, 0.5) is 5.13 Å². The van der Waals surface area contributed by atoms with Gasteiger partial charge >= 0.3 is 0 Å². The van der Waals surface area contributed by atoms with Crippen molar-refractivity contribution in [1.82, 2.24) is 10.3 Å². The van der Waals surface area contributed by atoms with Crippen LogP contribution in [0, 0.1) is 0 Å². The van der Waals surface area contributed by atoms with Crippen LogP contribution in [0.2, 0.25) is 0 Å². The third-order valence-corrected chi connectivity index (χ3v) is 2.92. The summed E-state index contributed by atoms with van der Waals surface area (Å²) < 4.78 is 0. The van der Waals surface area contributed by atoms with E-state index in [4.69, 9.17) is 0 Å². The summed E-state index contributed by atoms with van der Waals surface area (Å²) in [7, 11) is 1.73. The fourth-order valence-electron chi connectivity index (χ4n) is 1.40. The molecule has 1 aromatic heterocycles. The van der Waals surface area contributed by atoms with Gasteiger partial charge < -0.3 is 10.6 Å². The second-order valence-corrected chi connectivity index (χ2v) is 4.34. The Balaban J connectivity index is 2.09. The molecule has 0 fully saturated rings. The fourth-order valence-corrected chi connectivity index (χ4v) is 2.13. The second-order valence-electron chi connectivity index (χ2n) is 3.48. The Labute approximate surface area is 104 Å². The Kier molecular flexibility index (Phi) is 3.85. The molecule has 17 heavy (non-hydrogen) atoms. The highest BCUT2D eigenvalue weighted by atomic mass is 32.1. The largest absolute Gasteiger partial charge is 0.311 e. The lowest BCUT2D eigenvalue weighted by molar-refractivity contribution is -0.115. The highest BCUT2D eigenvalue weighted by Gasteiger charge is 2.06. The number of hydrogen-bond acceptors (Lipinski definition) is 4. The molecule has 0 radical (unpaired) electrons. The number of anilines is 1. The molecule has 1 amide bonds. The number of hydrogen-bond donors (Lipinski definition) is 2. The summed E-state index contributed by atoms with van der Waals surface area (Å²) in [6, 6.07) is 9.88. The van der Waals surface area contributed by atoms with Gasteiger partial charge in [0, 0.05) is 10.9 Å². The van der Waals surface area contributed by atoms with Gasteiger partial charge in [0.1, 0.15) is 0 Å². The maximum absolute atomic E-state index is 11.4. The van der Waals surface area contributed by atoms with E-state index in [0.717, 1.165) is 11.3 Å². The van der Waals surface area contributed by atoms with Crippen LogP contribution in [0.5, 0.6) is 0 Å². The van der Waals surface area contributed by atoms with Crippen molar-refractivity contribution in [3.05, 3.63) is 35.7 Å². The summed E-state index contributed by atoms with van der Waals surface area (Å²) in [4.78, 5) is 15.7. The predicted octanol–water partition coefficient (Wildman–Crippen LogP) is 1.97. The summed E-state index contributed by atoms with van der Waals surface area (Å²) in [6.45, 7) is 0.292. The van der Waals surface area contributed by atoms with Crippen molar-refractivity contribution in [2.24, 2.45) is 0 Å². The first-order chi connectivity index (χ1) is 8.29. The molecular formula is C12H13N3OS. The lowest BCUT2D eigenvalue weighted by Crippen LogP contribution is -2.24. The molecule has 1 heterocycles. The number of nitrogens with zero attached hydrogens (tertiary/aromatic N) is 1. The first kappa shape index (κ1) is 11.8. The second kappa shape index (κ2) is 5.56. The van der Waals surface area contributed by atoms with Crippen molar-refractivity contribution in [2.45, 2.75) is 0 Å². The van der Waals surface area contributed by atoms with Crippen LogP contribution in [-0.2, 0) is 4.79 Å². The zero-order valence-corrected chi connectivity index (χ0v) is 10.3. The Bertz CT molecular complexity index is 495. The Morgan fingerprint density at radius 3 is 2.82 bits per heavy atom. The van der Waals surface area contributed by atoms with Gasteiger partial charge in [-0.05, 0) is 7.05 Å². The third kappa shape index (κ3) is 3.12. The van der Waals surface area contributed by atoms with Gasteiger partial charge in [0.25, 0.3) is 0 Å². The van der Waals surface area contributed by atoms with Gasteiger partial charge in [-0.1, -0.05) is 30.3 Å². The number of carbonyl (C=O) groups is 1. The molecule has 0 atom stereocenters. The van der Waals surface area contributed by atoms with Crippen LogP contribution in [0.25, 0.3) is 11.3 Å². The van der Waals surface area contributed by atoms with Gasteiger partial charge in [-0.2, -0.15) is 0 Å². The number of nitrogens with one attached hydrogen (secondary N) is 2. The molecule has 0 unspecified atom stereocenters. The highest BCUT2D eigenvalue weighted by molar-refractivity contribution is 7.14. The summed E-state index contributed by atoms with van der Waals surface area (Å²) in [6.07, 6.45) is 0. The van der Waals surface area contributed by atoms with Crippen molar-refractivity contribution < 1.29 is 4.79 Å². The molecule has 0 aliphatic carbocycles. The van der Waals surface area contributed by atoms with Gasteiger partial charge in [0.2, 0.25) is 5.91 Å². The predicted molar refractivity (Wildman–Crippen MR) is 70.1 cm³/mol. The summed E-state index contributed by atoms with van der Waals surface area (Å²) in [5.74, 6) is -0.0820. The van der Waals surface area contributed by atoms with Gasteiger partial charge in [-0.25, -0.2) is 4.98 Å². The average molecular weight is 247 g/mol. The average Bonchev–Trinajstić information content (AvgIpc) is 2.79. The van der Waals surface area contributed by atoms with E-state index in [1.165, 1.54) is 11.3 Å². The van der Waals surface area contributed by atoms with Crippen molar-refractivity contribution >= 4 is 22.4 Å². The molecule has 0 spiro atoms. The molecule has 0 aliphatic rings. The zero-order valence-electron chi connectivity index (χ0n) is 9.43. The molecule has 5 heteroatoms. The molecular weight excluding hydrogens is 234 g/mol. The summed E-state index contributed by atoms with van der Waals surface area (Å²) in [5, 5.41) is 8.09. The van der Waals surface area contributed by atoms with E-state index < -0.39 is 0 Å². The quantitative estimate of drug-likeness (QED) is 0.868. The minimum atomic E-state index is -0.0820. The Morgan fingerprint density at radius 1 is 1.35 bits per heavy atom. The number of rotatable bonds is 4. The van der Waals surface area contributed by atoms with Crippen LogP contribution >= 0.6 is 11.3 Å². The molecule has 88 valence electrons. The number of amides is 1. The number of aromatic nitrogens is 1. The van der Waals surface area contributed by atoms with Crippen molar-refractivity contribution in [3.63, 3.8) is 0 Å². The Hall–Kier alpha value is -1.72. The summed E-state index contributed by atoms with van der Waals surface area (Å²) in [5.41, 5.74) is 1.94. The Morgan fingerprint density at radius 2 is 2.12 bits per heavy atom. The number of benzene rings is 1. The third-order valence-electron chi connectivity index (χ3n) is 2.16. The lowest BCUT2D eigenvalue weighted by Gasteiger charge is -1.99. The van der Waals surface area contributed by atoms with E-state index in [0.29, 0.717) is 11.7 Å². The number of carbonyl (C=O) groups excluding carboxylic acids is 1. The zero-order chi connectivity index (χ0) is 12.1. The highest BCUT2D eigenvalue weighted by Crippen LogP contribution is 2.24. The van der Waals surface area contributed by atoms with E-state index in [1.54, 1.807) is 7.05 Å². The molecule has 0 saturated carbocycles. The summed E-state index contributed by atoms with van der Waals surface area (Å²) >= 11 is 1.43. The van der Waals surface area contributed by atoms with Crippen molar-refractivity contribution in [3.8, 4) is 11.3 Å². The minimum absolute atomic E-state index is 0.0820. The van der Waals surface area contributed by atoms with Crippen LogP contribution < -0.4 is 10.6 Å². The topological polar surface area (TPSA) is 54.0 Å². The maximum atomic E-state index is 11.4. The minimum Gasteiger partial charge on any atom is -0.311 e. The number of likely N-dealkylation sites (N-methyl/N-ethyl adjacent to an activating group) is 1. The SMILES string of the molecule is CNCC(=O)Nc1nc(-c2ccccc2)cs1.